The van der Waals surface area contributed by atoms with Crippen LogP contribution in [0.1, 0.15) is 43.6 Å². The number of carbonyl (C=O) groups is 1. The van der Waals surface area contributed by atoms with Gasteiger partial charge in [-0.15, -0.1) is 0 Å². The Morgan fingerprint density at radius 2 is 2.00 bits per heavy atom. The third kappa shape index (κ3) is 2.75. The third-order valence-corrected chi connectivity index (χ3v) is 3.60. The summed E-state index contributed by atoms with van der Waals surface area (Å²) in [5.74, 6) is -0.219. The molecule has 1 aliphatic rings. The first-order valence-electron chi connectivity index (χ1n) is 6.16. The lowest BCUT2D eigenvalue weighted by Gasteiger charge is -2.28. The zero-order valence-corrected chi connectivity index (χ0v) is 9.82. The van der Waals surface area contributed by atoms with Crippen LogP contribution in [0.3, 0.4) is 0 Å². The number of rotatable bonds is 3. The average molecular weight is 234 g/mol. The lowest BCUT2D eigenvalue weighted by molar-refractivity contribution is -0.120. The summed E-state index contributed by atoms with van der Waals surface area (Å²) in [6.07, 6.45) is 7.29. The molecule has 1 aromatic heterocycles. The van der Waals surface area contributed by atoms with Crippen LogP contribution in [0.2, 0.25) is 0 Å². The number of carbonyl (C=O) groups excluding carboxylic acids is 1. The molecule has 0 radical (unpaired) electrons. The molecule has 0 saturated heterocycles. The first-order chi connectivity index (χ1) is 8.18. The Bertz CT molecular complexity index is 426. The van der Waals surface area contributed by atoms with E-state index in [1.165, 1.54) is 12.5 Å². The normalized spacial score (nSPS) is 18.8. The maximum atomic E-state index is 11.6. The van der Waals surface area contributed by atoms with Crippen molar-refractivity contribution in [3.05, 3.63) is 34.2 Å². The minimum absolute atomic E-state index is 0.152. The molecule has 1 aromatic rings. The van der Waals surface area contributed by atoms with Crippen LogP contribution in [-0.2, 0) is 4.79 Å². The van der Waals surface area contributed by atoms with Gasteiger partial charge in [0.2, 0.25) is 11.5 Å². The van der Waals surface area contributed by atoms with E-state index in [0.29, 0.717) is 5.92 Å². The van der Waals surface area contributed by atoms with Gasteiger partial charge in [-0.25, -0.2) is 0 Å². The topological polar surface area (TPSA) is 76.0 Å². The fraction of sp³-hybridized carbons (Fsp3) is 0.538. The lowest BCUT2D eigenvalue weighted by atomic mass is 9.77. The van der Waals surface area contributed by atoms with Gasteiger partial charge in [0.1, 0.15) is 0 Å². The molecule has 0 aliphatic heterocycles. The van der Waals surface area contributed by atoms with Crippen LogP contribution < -0.4 is 11.3 Å². The molecule has 92 valence electrons. The summed E-state index contributed by atoms with van der Waals surface area (Å²) in [5, 5.41) is 0. The van der Waals surface area contributed by atoms with E-state index in [9.17, 15) is 9.59 Å². The first kappa shape index (κ1) is 11.9. The van der Waals surface area contributed by atoms with E-state index in [1.54, 1.807) is 12.3 Å². The van der Waals surface area contributed by atoms with Crippen LogP contribution >= 0.6 is 0 Å². The Labute approximate surface area is 100 Å². The van der Waals surface area contributed by atoms with Crippen molar-refractivity contribution in [3.63, 3.8) is 0 Å². The Hall–Kier alpha value is -1.58. The predicted molar refractivity (Wildman–Crippen MR) is 65.6 cm³/mol. The molecule has 4 nitrogen and oxygen atoms in total. The van der Waals surface area contributed by atoms with Crippen LogP contribution in [0.4, 0.5) is 0 Å². The zero-order chi connectivity index (χ0) is 12.3. The van der Waals surface area contributed by atoms with E-state index in [1.807, 2.05) is 0 Å². The minimum atomic E-state index is -0.288. The monoisotopic (exact) mass is 234 g/mol. The highest BCUT2D eigenvalue weighted by Gasteiger charge is 2.29. The van der Waals surface area contributed by atoms with E-state index in [0.717, 1.165) is 31.2 Å². The molecule has 0 spiro atoms. The summed E-state index contributed by atoms with van der Waals surface area (Å²) in [6, 6.07) is 3.16. The van der Waals surface area contributed by atoms with Gasteiger partial charge in [-0.3, -0.25) is 9.59 Å². The van der Waals surface area contributed by atoms with Crippen LogP contribution in [0.25, 0.3) is 0 Å². The van der Waals surface area contributed by atoms with Crippen LogP contribution in [-0.4, -0.2) is 10.9 Å². The molecule has 4 heteroatoms. The SMILES string of the molecule is NC(=O)C(c1ccc(=O)[nH]c1)C1CCCCC1. The van der Waals surface area contributed by atoms with E-state index in [4.69, 9.17) is 5.73 Å². The standard InChI is InChI=1S/C13H18N2O2/c14-13(17)12(9-4-2-1-3-5-9)10-6-7-11(16)15-8-10/h6-9,12H,1-5H2,(H2,14,17)(H,15,16). The van der Waals surface area contributed by atoms with Crippen molar-refractivity contribution in [1.29, 1.82) is 0 Å². The summed E-state index contributed by atoms with van der Waals surface area (Å²) < 4.78 is 0. The molecule has 3 N–H and O–H groups in total. The minimum Gasteiger partial charge on any atom is -0.369 e. The Kier molecular flexibility index (Phi) is 3.61. The predicted octanol–water partition coefficient (Wildman–Crippen LogP) is 1.52. The number of primary amides is 1. The Balaban J connectivity index is 2.24. The Morgan fingerprint density at radius 3 is 2.53 bits per heavy atom. The number of hydrogen-bond acceptors (Lipinski definition) is 2. The molecular weight excluding hydrogens is 216 g/mol. The van der Waals surface area contributed by atoms with Gasteiger partial charge in [0.05, 0.1) is 5.92 Å². The summed E-state index contributed by atoms with van der Waals surface area (Å²) in [7, 11) is 0. The van der Waals surface area contributed by atoms with Crippen molar-refractivity contribution in [2.45, 2.75) is 38.0 Å². The molecule has 17 heavy (non-hydrogen) atoms. The van der Waals surface area contributed by atoms with Gasteiger partial charge >= 0.3 is 0 Å². The van der Waals surface area contributed by atoms with Crippen molar-refractivity contribution in [2.75, 3.05) is 0 Å². The van der Waals surface area contributed by atoms with Crippen LogP contribution in [0.15, 0.2) is 23.1 Å². The van der Waals surface area contributed by atoms with Gasteiger partial charge in [0.25, 0.3) is 0 Å². The van der Waals surface area contributed by atoms with E-state index >= 15 is 0 Å². The van der Waals surface area contributed by atoms with Crippen LogP contribution in [0.5, 0.6) is 0 Å². The van der Waals surface area contributed by atoms with E-state index in [2.05, 4.69) is 4.98 Å². The summed E-state index contributed by atoms with van der Waals surface area (Å²) in [5.41, 5.74) is 6.19. The second-order valence-corrected chi connectivity index (χ2v) is 4.76. The molecule has 0 aromatic carbocycles. The van der Waals surface area contributed by atoms with Crippen molar-refractivity contribution in [1.82, 2.24) is 4.98 Å². The van der Waals surface area contributed by atoms with E-state index in [-0.39, 0.29) is 17.4 Å². The molecule has 1 saturated carbocycles. The van der Waals surface area contributed by atoms with Crippen molar-refractivity contribution in [2.24, 2.45) is 11.7 Å². The molecular formula is C13H18N2O2. The number of hydrogen-bond donors (Lipinski definition) is 2. The van der Waals surface area contributed by atoms with Gasteiger partial charge < -0.3 is 10.7 Å². The number of nitrogens with two attached hydrogens (primary N) is 1. The number of H-pyrrole nitrogens is 1. The summed E-state index contributed by atoms with van der Waals surface area (Å²) >= 11 is 0. The largest absolute Gasteiger partial charge is 0.369 e. The smallest absolute Gasteiger partial charge is 0.247 e. The number of aromatic nitrogens is 1. The molecule has 2 rings (SSSR count). The van der Waals surface area contributed by atoms with Crippen molar-refractivity contribution >= 4 is 5.91 Å². The summed E-state index contributed by atoms with van der Waals surface area (Å²) in [6.45, 7) is 0. The highest BCUT2D eigenvalue weighted by Crippen LogP contribution is 2.35. The molecule has 1 aliphatic carbocycles. The maximum Gasteiger partial charge on any atom is 0.247 e. The number of amides is 1. The third-order valence-electron chi connectivity index (χ3n) is 3.60. The fourth-order valence-electron chi connectivity index (χ4n) is 2.75. The molecule has 1 unspecified atom stereocenters. The maximum absolute atomic E-state index is 11.6. The van der Waals surface area contributed by atoms with Gasteiger partial charge in [-0.1, -0.05) is 25.3 Å². The number of pyridine rings is 1. The summed E-state index contributed by atoms with van der Waals surface area (Å²) in [4.78, 5) is 25.2. The highest BCUT2D eigenvalue weighted by atomic mass is 16.1. The molecule has 1 atom stereocenters. The molecule has 0 bridgehead atoms. The average Bonchev–Trinajstić information content (AvgIpc) is 2.33. The van der Waals surface area contributed by atoms with Gasteiger partial charge in [-0.2, -0.15) is 0 Å². The van der Waals surface area contributed by atoms with Crippen LogP contribution in [0, 0.1) is 5.92 Å². The quantitative estimate of drug-likeness (QED) is 0.832. The lowest BCUT2D eigenvalue weighted by Crippen LogP contribution is -2.29. The molecule has 1 heterocycles. The Morgan fingerprint density at radius 1 is 1.29 bits per heavy atom. The second-order valence-electron chi connectivity index (χ2n) is 4.76. The van der Waals surface area contributed by atoms with Crippen molar-refractivity contribution < 1.29 is 4.79 Å². The number of aromatic amines is 1. The molecule has 1 amide bonds. The van der Waals surface area contributed by atoms with Gasteiger partial charge in [0, 0.05) is 12.3 Å². The first-order valence-corrected chi connectivity index (χ1v) is 6.16. The highest BCUT2D eigenvalue weighted by molar-refractivity contribution is 5.82. The van der Waals surface area contributed by atoms with Gasteiger partial charge in [-0.05, 0) is 24.3 Å². The second kappa shape index (κ2) is 5.17. The fourth-order valence-corrected chi connectivity index (χ4v) is 2.75. The van der Waals surface area contributed by atoms with Crippen molar-refractivity contribution in [3.8, 4) is 0 Å². The zero-order valence-electron chi connectivity index (χ0n) is 9.82. The van der Waals surface area contributed by atoms with E-state index < -0.39 is 0 Å². The number of nitrogens with one attached hydrogen (secondary N) is 1. The van der Waals surface area contributed by atoms with Gasteiger partial charge in [0.15, 0.2) is 0 Å². The molecule has 1 fully saturated rings.